The van der Waals surface area contributed by atoms with E-state index in [1.165, 1.54) is 0 Å². The zero-order valence-electron chi connectivity index (χ0n) is 9.98. The summed E-state index contributed by atoms with van der Waals surface area (Å²) in [6, 6.07) is 7.99. The third-order valence-electron chi connectivity index (χ3n) is 2.49. The van der Waals surface area contributed by atoms with Crippen LogP contribution in [0.25, 0.3) is 0 Å². The average molecular weight is 361 g/mol. The van der Waals surface area contributed by atoms with Crippen LogP contribution in [-0.2, 0) is 5.33 Å². The van der Waals surface area contributed by atoms with Crippen LogP contribution in [0.3, 0.4) is 0 Å². The number of ether oxygens (including phenoxy) is 1. The molecular formula is C13H8BrClFNO3. The summed E-state index contributed by atoms with van der Waals surface area (Å²) in [5.74, 6) is -0.590. The maximum atomic E-state index is 13.2. The third-order valence-corrected chi connectivity index (χ3v) is 3.43. The predicted octanol–water partition coefficient (Wildman–Crippen LogP) is 5.07. The highest BCUT2D eigenvalue weighted by Gasteiger charge is 2.17. The maximum Gasteiger partial charge on any atom is 0.311 e. The molecule has 0 radical (unpaired) electrons. The van der Waals surface area contributed by atoms with Crippen molar-refractivity contribution in [3.63, 3.8) is 0 Å². The summed E-state index contributed by atoms with van der Waals surface area (Å²) >= 11 is 9.31. The predicted molar refractivity (Wildman–Crippen MR) is 77.2 cm³/mol. The number of benzene rings is 2. The normalized spacial score (nSPS) is 10.3. The number of hydrogen-bond donors (Lipinski definition) is 0. The summed E-state index contributed by atoms with van der Waals surface area (Å²) in [5, 5.41) is 11.8. The van der Waals surface area contributed by atoms with Crippen molar-refractivity contribution in [2.75, 3.05) is 0 Å². The van der Waals surface area contributed by atoms with Crippen LogP contribution in [0, 0.1) is 15.9 Å². The highest BCUT2D eigenvalue weighted by molar-refractivity contribution is 9.08. The molecule has 0 unspecified atom stereocenters. The molecule has 2 aromatic rings. The fraction of sp³-hybridized carbons (Fsp3) is 0.0769. The van der Waals surface area contributed by atoms with Crippen molar-refractivity contribution in [3.8, 4) is 11.5 Å². The lowest BCUT2D eigenvalue weighted by Gasteiger charge is -2.09. The molecule has 0 saturated heterocycles. The molecule has 0 fully saturated rings. The first-order chi connectivity index (χ1) is 9.51. The number of nitro benzene ring substituents is 1. The SMILES string of the molecule is O=[N+]([O-])c1ccc(F)cc1Oc1ccc(CBr)cc1Cl. The van der Waals surface area contributed by atoms with Gasteiger partial charge in [0, 0.05) is 17.5 Å². The summed E-state index contributed by atoms with van der Waals surface area (Å²) in [5.41, 5.74) is 0.600. The molecule has 104 valence electrons. The number of nitrogens with zero attached hydrogens (tertiary/aromatic N) is 1. The number of hydrogen-bond acceptors (Lipinski definition) is 3. The first-order valence-electron chi connectivity index (χ1n) is 5.47. The van der Waals surface area contributed by atoms with Gasteiger partial charge in [0.1, 0.15) is 11.6 Å². The first-order valence-corrected chi connectivity index (χ1v) is 6.97. The zero-order chi connectivity index (χ0) is 14.7. The van der Waals surface area contributed by atoms with E-state index in [0.29, 0.717) is 10.4 Å². The molecule has 4 nitrogen and oxygen atoms in total. The summed E-state index contributed by atoms with van der Waals surface area (Å²) < 4.78 is 18.5. The standard InChI is InChI=1S/C13H8BrClFNO3/c14-7-8-1-4-12(10(15)5-8)20-13-6-9(16)2-3-11(13)17(18)19/h1-6H,7H2. The first kappa shape index (κ1) is 14.7. The van der Waals surface area contributed by atoms with Gasteiger partial charge in [-0.15, -0.1) is 0 Å². The highest BCUT2D eigenvalue weighted by atomic mass is 79.9. The molecule has 2 aromatic carbocycles. The molecule has 0 saturated carbocycles. The molecule has 0 bridgehead atoms. The minimum absolute atomic E-state index is 0.191. The van der Waals surface area contributed by atoms with Gasteiger partial charge in [-0.1, -0.05) is 33.6 Å². The van der Waals surface area contributed by atoms with E-state index in [-0.39, 0.29) is 17.2 Å². The Hall–Kier alpha value is -1.66. The second-order valence-corrected chi connectivity index (χ2v) is 4.84. The number of alkyl halides is 1. The zero-order valence-corrected chi connectivity index (χ0v) is 12.3. The number of rotatable bonds is 4. The van der Waals surface area contributed by atoms with Crippen LogP contribution in [0.15, 0.2) is 36.4 Å². The lowest BCUT2D eigenvalue weighted by atomic mass is 10.2. The van der Waals surface area contributed by atoms with Gasteiger partial charge in [-0.2, -0.15) is 0 Å². The van der Waals surface area contributed by atoms with Crippen molar-refractivity contribution in [2.24, 2.45) is 0 Å². The van der Waals surface area contributed by atoms with E-state index in [2.05, 4.69) is 15.9 Å². The smallest absolute Gasteiger partial charge is 0.311 e. The van der Waals surface area contributed by atoms with Gasteiger partial charge in [-0.3, -0.25) is 10.1 Å². The van der Waals surface area contributed by atoms with E-state index in [4.69, 9.17) is 16.3 Å². The lowest BCUT2D eigenvalue weighted by molar-refractivity contribution is -0.385. The van der Waals surface area contributed by atoms with E-state index >= 15 is 0 Å². The molecule has 0 heterocycles. The van der Waals surface area contributed by atoms with Gasteiger partial charge in [0.05, 0.1) is 9.95 Å². The van der Waals surface area contributed by atoms with Gasteiger partial charge in [-0.05, 0) is 23.8 Å². The minimum Gasteiger partial charge on any atom is -0.448 e. The van der Waals surface area contributed by atoms with Crippen LogP contribution in [0.5, 0.6) is 11.5 Å². The Balaban J connectivity index is 2.39. The Kier molecular flexibility index (Phi) is 4.57. The largest absolute Gasteiger partial charge is 0.448 e. The molecule has 0 aliphatic rings. The topological polar surface area (TPSA) is 52.4 Å². The van der Waals surface area contributed by atoms with Crippen LogP contribution in [-0.4, -0.2) is 4.92 Å². The molecule has 0 spiro atoms. The molecule has 0 amide bonds. The Morgan fingerprint density at radius 3 is 2.60 bits per heavy atom. The molecule has 20 heavy (non-hydrogen) atoms. The van der Waals surface area contributed by atoms with E-state index in [9.17, 15) is 14.5 Å². The van der Waals surface area contributed by atoms with Gasteiger partial charge in [0.15, 0.2) is 0 Å². The molecule has 0 aliphatic heterocycles. The van der Waals surface area contributed by atoms with E-state index in [1.807, 2.05) is 0 Å². The van der Waals surface area contributed by atoms with Gasteiger partial charge >= 0.3 is 5.69 Å². The van der Waals surface area contributed by atoms with Crippen molar-refractivity contribution < 1.29 is 14.1 Å². The quantitative estimate of drug-likeness (QED) is 0.434. The van der Waals surface area contributed by atoms with Crippen LogP contribution in [0.4, 0.5) is 10.1 Å². The van der Waals surface area contributed by atoms with Gasteiger partial charge in [-0.25, -0.2) is 4.39 Å². The lowest BCUT2D eigenvalue weighted by Crippen LogP contribution is -1.95. The minimum atomic E-state index is -0.643. The van der Waals surface area contributed by atoms with Crippen molar-refractivity contribution in [1.29, 1.82) is 0 Å². The van der Waals surface area contributed by atoms with Crippen LogP contribution in [0.2, 0.25) is 5.02 Å². The molecule has 0 atom stereocenters. The van der Waals surface area contributed by atoms with Gasteiger partial charge in [0.25, 0.3) is 0 Å². The van der Waals surface area contributed by atoms with E-state index in [0.717, 1.165) is 23.8 Å². The highest BCUT2D eigenvalue weighted by Crippen LogP contribution is 2.35. The van der Waals surface area contributed by atoms with Crippen LogP contribution < -0.4 is 4.74 Å². The van der Waals surface area contributed by atoms with Crippen molar-refractivity contribution in [3.05, 3.63) is 62.9 Å². The Morgan fingerprint density at radius 1 is 1.25 bits per heavy atom. The molecule has 0 aromatic heterocycles. The van der Waals surface area contributed by atoms with Crippen molar-refractivity contribution >= 4 is 33.2 Å². The fourth-order valence-electron chi connectivity index (χ4n) is 1.55. The summed E-state index contributed by atoms with van der Waals surface area (Å²) in [7, 11) is 0. The number of halogens is 3. The van der Waals surface area contributed by atoms with E-state index < -0.39 is 10.7 Å². The third kappa shape index (κ3) is 3.26. The molecule has 7 heteroatoms. The average Bonchev–Trinajstić information content (AvgIpc) is 2.40. The summed E-state index contributed by atoms with van der Waals surface area (Å²) in [4.78, 5) is 10.2. The number of nitro groups is 1. The Labute approximate surface area is 127 Å². The molecular weight excluding hydrogens is 353 g/mol. The van der Waals surface area contributed by atoms with Crippen LogP contribution >= 0.6 is 27.5 Å². The molecule has 0 N–H and O–H groups in total. The van der Waals surface area contributed by atoms with Crippen LogP contribution in [0.1, 0.15) is 5.56 Å². The second-order valence-electron chi connectivity index (χ2n) is 3.87. The second kappa shape index (κ2) is 6.19. The Bertz CT molecular complexity index is 666. The van der Waals surface area contributed by atoms with Gasteiger partial charge in [0.2, 0.25) is 5.75 Å². The summed E-state index contributed by atoms with van der Waals surface area (Å²) in [6.45, 7) is 0. The fourth-order valence-corrected chi connectivity index (χ4v) is 2.14. The van der Waals surface area contributed by atoms with Crippen molar-refractivity contribution in [1.82, 2.24) is 0 Å². The maximum absolute atomic E-state index is 13.2. The monoisotopic (exact) mass is 359 g/mol. The Morgan fingerprint density at radius 2 is 2.00 bits per heavy atom. The molecule has 0 aliphatic carbocycles. The van der Waals surface area contributed by atoms with E-state index in [1.54, 1.807) is 18.2 Å². The van der Waals surface area contributed by atoms with Crippen molar-refractivity contribution in [2.45, 2.75) is 5.33 Å². The molecule has 2 rings (SSSR count). The summed E-state index contributed by atoms with van der Waals surface area (Å²) in [6.07, 6.45) is 0. The van der Waals surface area contributed by atoms with Gasteiger partial charge < -0.3 is 4.74 Å².